The summed E-state index contributed by atoms with van der Waals surface area (Å²) in [5.74, 6) is 1.40. The zero-order valence-electron chi connectivity index (χ0n) is 14.8. The van der Waals surface area contributed by atoms with E-state index < -0.39 is 0 Å². The summed E-state index contributed by atoms with van der Waals surface area (Å²) in [5.41, 5.74) is 7.03. The van der Waals surface area contributed by atoms with Gasteiger partial charge in [-0.2, -0.15) is 0 Å². The van der Waals surface area contributed by atoms with Crippen molar-refractivity contribution in [2.75, 3.05) is 34.5 Å². The van der Waals surface area contributed by atoms with Gasteiger partial charge in [0.05, 0.1) is 26.9 Å². The standard InChI is InChI=1S/C17H27N3O4/c1-12(11-22-2)20(17(21)14-7-8-18-19-14)10-13-5-6-15(23-3)16(9-13)24-4/h5-6,9,12,14,18-19H,7-8,10-11H2,1-4H3. The molecule has 0 aromatic heterocycles. The lowest BCUT2D eigenvalue weighted by Crippen LogP contribution is -2.49. The Balaban J connectivity index is 2.19. The summed E-state index contributed by atoms with van der Waals surface area (Å²) in [6.07, 6.45) is 0.779. The van der Waals surface area contributed by atoms with E-state index in [0.29, 0.717) is 24.7 Å². The Bertz CT molecular complexity index is 547. The van der Waals surface area contributed by atoms with Crippen LogP contribution in [0.1, 0.15) is 18.9 Å². The first-order valence-electron chi connectivity index (χ1n) is 8.09. The Morgan fingerprint density at radius 2 is 2.04 bits per heavy atom. The molecule has 1 saturated heterocycles. The summed E-state index contributed by atoms with van der Waals surface area (Å²) in [6.45, 7) is 3.75. The maximum atomic E-state index is 12.9. The number of hydrogen-bond donors (Lipinski definition) is 2. The first kappa shape index (κ1) is 18.5. The average Bonchev–Trinajstić information content (AvgIpc) is 3.13. The second-order valence-corrected chi connectivity index (χ2v) is 5.87. The Morgan fingerprint density at radius 3 is 2.62 bits per heavy atom. The lowest BCUT2D eigenvalue weighted by Gasteiger charge is -2.31. The van der Waals surface area contributed by atoms with Crippen molar-refractivity contribution >= 4 is 5.91 Å². The molecule has 2 unspecified atom stereocenters. The van der Waals surface area contributed by atoms with Gasteiger partial charge >= 0.3 is 0 Å². The summed E-state index contributed by atoms with van der Waals surface area (Å²) in [7, 11) is 4.85. The van der Waals surface area contributed by atoms with Crippen molar-refractivity contribution < 1.29 is 19.0 Å². The minimum absolute atomic E-state index is 0.0296. The molecular weight excluding hydrogens is 310 g/mol. The second-order valence-electron chi connectivity index (χ2n) is 5.87. The van der Waals surface area contributed by atoms with Gasteiger partial charge in [-0.25, -0.2) is 5.43 Å². The fraction of sp³-hybridized carbons (Fsp3) is 0.588. The van der Waals surface area contributed by atoms with E-state index in [1.807, 2.05) is 30.0 Å². The summed E-state index contributed by atoms with van der Waals surface area (Å²) in [5, 5.41) is 0. The average molecular weight is 337 g/mol. The van der Waals surface area contributed by atoms with E-state index in [1.54, 1.807) is 21.3 Å². The number of rotatable bonds is 8. The van der Waals surface area contributed by atoms with E-state index in [1.165, 1.54) is 0 Å². The topological polar surface area (TPSA) is 72.1 Å². The van der Waals surface area contributed by atoms with Crippen molar-refractivity contribution in [1.82, 2.24) is 15.8 Å². The van der Waals surface area contributed by atoms with Gasteiger partial charge in [-0.05, 0) is 31.0 Å². The molecule has 1 aromatic carbocycles. The highest BCUT2D eigenvalue weighted by atomic mass is 16.5. The van der Waals surface area contributed by atoms with Crippen LogP contribution in [0.3, 0.4) is 0 Å². The SMILES string of the molecule is COCC(C)N(Cc1ccc(OC)c(OC)c1)C(=O)C1CCNN1. The molecule has 0 bridgehead atoms. The van der Waals surface area contributed by atoms with E-state index in [0.717, 1.165) is 18.5 Å². The van der Waals surface area contributed by atoms with Crippen LogP contribution in [0, 0.1) is 0 Å². The molecule has 1 aliphatic heterocycles. The van der Waals surface area contributed by atoms with E-state index in [-0.39, 0.29) is 18.0 Å². The smallest absolute Gasteiger partial charge is 0.241 e. The van der Waals surface area contributed by atoms with Crippen LogP contribution in [0.2, 0.25) is 0 Å². The molecule has 0 aliphatic carbocycles. The Kier molecular flexibility index (Phi) is 6.84. The molecule has 1 aliphatic rings. The molecule has 2 N–H and O–H groups in total. The van der Waals surface area contributed by atoms with Crippen molar-refractivity contribution in [2.24, 2.45) is 0 Å². The predicted octanol–water partition coefficient (Wildman–Crippen LogP) is 0.934. The van der Waals surface area contributed by atoms with Crippen LogP contribution in [0.25, 0.3) is 0 Å². The second kappa shape index (κ2) is 8.86. The lowest BCUT2D eigenvalue weighted by molar-refractivity contribution is -0.137. The van der Waals surface area contributed by atoms with Crippen LogP contribution >= 0.6 is 0 Å². The van der Waals surface area contributed by atoms with E-state index in [4.69, 9.17) is 14.2 Å². The highest BCUT2D eigenvalue weighted by molar-refractivity contribution is 5.82. The van der Waals surface area contributed by atoms with Gasteiger partial charge in [0.1, 0.15) is 6.04 Å². The van der Waals surface area contributed by atoms with Gasteiger partial charge in [-0.15, -0.1) is 0 Å². The van der Waals surface area contributed by atoms with Crippen LogP contribution in [-0.2, 0) is 16.1 Å². The molecule has 1 heterocycles. The molecule has 2 atom stereocenters. The summed E-state index contributed by atoms with van der Waals surface area (Å²) in [6, 6.07) is 5.47. The summed E-state index contributed by atoms with van der Waals surface area (Å²) >= 11 is 0. The predicted molar refractivity (Wildman–Crippen MR) is 91.0 cm³/mol. The van der Waals surface area contributed by atoms with Crippen LogP contribution in [0.5, 0.6) is 11.5 Å². The first-order valence-corrected chi connectivity index (χ1v) is 8.09. The summed E-state index contributed by atoms with van der Waals surface area (Å²) < 4.78 is 15.9. The molecule has 1 amide bonds. The molecule has 1 fully saturated rings. The van der Waals surface area contributed by atoms with Gasteiger partial charge in [0.15, 0.2) is 11.5 Å². The van der Waals surface area contributed by atoms with Crippen LogP contribution in [0.4, 0.5) is 0 Å². The molecule has 0 radical (unpaired) electrons. The van der Waals surface area contributed by atoms with E-state index in [9.17, 15) is 4.79 Å². The summed E-state index contributed by atoms with van der Waals surface area (Å²) in [4.78, 5) is 14.7. The van der Waals surface area contributed by atoms with Crippen LogP contribution < -0.4 is 20.3 Å². The fourth-order valence-electron chi connectivity index (χ4n) is 2.83. The molecule has 2 rings (SSSR count). The lowest BCUT2D eigenvalue weighted by atomic mass is 10.1. The quantitative estimate of drug-likeness (QED) is 0.735. The minimum atomic E-state index is -0.204. The molecule has 134 valence electrons. The highest BCUT2D eigenvalue weighted by Gasteiger charge is 2.30. The number of nitrogens with one attached hydrogen (secondary N) is 2. The number of carbonyl (C=O) groups excluding carboxylic acids is 1. The van der Waals surface area contributed by atoms with Crippen molar-refractivity contribution in [3.05, 3.63) is 23.8 Å². The number of benzene rings is 1. The Labute approximate surface area is 143 Å². The number of ether oxygens (including phenoxy) is 3. The van der Waals surface area contributed by atoms with Crippen molar-refractivity contribution in [1.29, 1.82) is 0 Å². The molecule has 7 nitrogen and oxygen atoms in total. The number of nitrogens with zero attached hydrogens (tertiary/aromatic N) is 1. The number of hydrazine groups is 1. The maximum absolute atomic E-state index is 12.9. The Morgan fingerprint density at radius 1 is 1.29 bits per heavy atom. The minimum Gasteiger partial charge on any atom is -0.493 e. The van der Waals surface area contributed by atoms with Gasteiger partial charge in [0.25, 0.3) is 0 Å². The number of amides is 1. The highest BCUT2D eigenvalue weighted by Crippen LogP contribution is 2.28. The van der Waals surface area contributed by atoms with Gasteiger partial charge in [0, 0.05) is 20.2 Å². The van der Waals surface area contributed by atoms with Crippen LogP contribution in [-0.4, -0.2) is 57.4 Å². The third kappa shape index (κ3) is 4.37. The third-order valence-electron chi connectivity index (χ3n) is 4.16. The fourth-order valence-corrected chi connectivity index (χ4v) is 2.83. The normalized spacial score (nSPS) is 18.2. The first-order chi connectivity index (χ1) is 11.6. The molecule has 7 heteroatoms. The van der Waals surface area contributed by atoms with Gasteiger partial charge < -0.3 is 19.1 Å². The zero-order valence-corrected chi connectivity index (χ0v) is 14.8. The van der Waals surface area contributed by atoms with Crippen LogP contribution in [0.15, 0.2) is 18.2 Å². The molecule has 0 spiro atoms. The molecular formula is C17H27N3O4. The number of carbonyl (C=O) groups is 1. The van der Waals surface area contributed by atoms with Crippen molar-refractivity contribution in [3.8, 4) is 11.5 Å². The van der Waals surface area contributed by atoms with Crippen molar-refractivity contribution in [3.63, 3.8) is 0 Å². The number of methoxy groups -OCH3 is 3. The van der Waals surface area contributed by atoms with Crippen molar-refractivity contribution in [2.45, 2.75) is 32.0 Å². The maximum Gasteiger partial charge on any atom is 0.241 e. The molecule has 24 heavy (non-hydrogen) atoms. The molecule has 0 saturated carbocycles. The van der Waals surface area contributed by atoms with Gasteiger partial charge in [-0.1, -0.05) is 6.07 Å². The van der Waals surface area contributed by atoms with E-state index >= 15 is 0 Å². The third-order valence-corrected chi connectivity index (χ3v) is 4.16. The Hall–Kier alpha value is -1.83. The number of hydrogen-bond acceptors (Lipinski definition) is 6. The molecule has 1 aromatic rings. The largest absolute Gasteiger partial charge is 0.493 e. The van der Waals surface area contributed by atoms with Gasteiger partial charge in [-0.3, -0.25) is 10.2 Å². The van der Waals surface area contributed by atoms with Gasteiger partial charge in [0.2, 0.25) is 5.91 Å². The zero-order chi connectivity index (χ0) is 17.5. The monoisotopic (exact) mass is 337 g/mol. The van der Waals surface area contributed by atoms with E-state index in [2.05, 4.69) is 10.9 Å².